The molecule has 0 fully saturated rings. The quantitative estimate of drug-likeness (QED) is 0.231. The lowest BCUT2D eigenvalue weighted by Crippen LogP contribution is -2.28. The molecule has 3 aromatic rings. The van der Waals surface area contributed by atoms with E-state index in [1.807, 2.05) is 32.0 Å². The van der Waals surface area contributed by atoms with Gasteiger partial charge < -0.3 is 14.8 Å². The minimum Gasteiger partial charge on any atom is -0.490 e. The summed E-state index contributed by atoms with van der Waals surface area (Å²) >= 11 is 17.5. The van der Waals surface area contributed by atoms with Crippen molar-refractivity contribution in [2.24, 2.45) is 0 Å². The molecule has 0 radical (unpaired) electrons. The maximum Gasteiger partial charge on any atom is 0.227 e. The molecule has 4 rings (SSSR count). The van der Waals surface area contributed by atoms with Crippen LogP contribution in [0.1, 0.15) is 51.3 Å². The molecule has 11 heteroatoms. The normalized spacial score (nSPS) is 14.8. The monoisotopic (exact) mass is 624 g/mol. The van der Waals surface area contributed by atoms with Gasteiger partial charge in [-0.1, -0.05) is 48.0 Å². The number of Topliss-reactive ketones (excluding diaryl/α,β-unsaturated/α-hetero) is 1. The Morgan fingerprint density at radius 2 is 1.97 bits per heavy atom. The van der Waals surface area contributed by atoms with Crippen LogP contribution in [-0.4, -0.2) is 32.9 Å². The molecule has 2 aromatic carbocycles. The molecule has 0 bridgehead atoms. The number of benzene rings is 2. The summed E-state index contributed by atoms with van der Waals surface area (Å²) in [6, 6.07) is 8.73. The van der Waals surface area contributed by atoms with E-state index in [0.717, 1.165) is 29.0 Å². The number of halogens is 3. The van der Waals surface area contributed by atoms with Gasteiger partial charge in [-0.15, -0.1) is 5.10 Å². The van der Waals surface area contributed by atoms with Gasteiger partial charge in [0.1, 0.15) is 12.6 Å². The standard InChI is InChI=1S/C26H27BrCl2N4O3S/c1-5-9-37-26-31-25-30-14(3)22(15(4)34)23(33(25)32-26)17-11-18(27)24(21(12-17)35-6-2)36-13-16-7-8-19(28)20(29)10-16/h7-8,10-12,23H,5-6,9,13H2,1-4H3,(H,30,31,32). The maximum absolute atomic E-state index is 12.8. The number of anilines is 1. The third-order valence-electron chi connectivity index (χ3n) is 5.66. The van der Waals surface area contributed by atoms with E-state index in [-0.39, 0.29) is 12.4 Å². The smallest absolute Gasteiger partial charge is 0.227 e. The summed E-state index contributed by atoms with van der Waals surface area (Å²) in [5, 5.41) is 9.61. The Balaban J connectivity index is 1.75. The van der Waals surface area contributed by atoms with Crippen LogP contribution in [0, 0.1) is 0 Å². The maximum atomic E-state index is 12.8. The van der Waals surface area contributed by atoms with Gasteiger partial charge >= 0.3 is 0 Å². The van der Waals surface area contributed by atoms with Crippen LogP contribution in [0.5, 0.6) is 11.5 Å². The van der Waals surface area contributed by atoms with Crippen LogP contribution in [0.2, 0.25) is 10.0 Å². The first-order valence-corrected chi connectivity index (χ1v) is 14.4. The van der Waals surface area contributed by atoms with Crippen molar-refractivity contribution in [3.05, 3.63) is 67.2 Å². The Labute approximate surface area is 239 Å². The molecule has 0 aliphatic carbocycles. The summed E-state index contributed by atoms with van der Waals surface area (Å²) in [5.74, 6) is 2.56. The second-order valence-electron chi connectivity index (χ2n) is 8.43. The van der Waals surface area contributed by atoms with Crippen molar-refractivity contribution in [2.45, 2.75) is 51.9 Å². The molecule has 7 nitrogen and oxygen atoms in total. The first-order valence-electron chi connectivity index (χ1n) is 11.8. The summed E-state index contributed by atoms with van der Waals surface area (Å²) in [5.41, 5.74) is 3.05. The van der Waals surface area contributed by atoms with Gasteiger partial charge in [0.05, 0.1) is 21.1 Å². The third-order valence-corrected chi connectivity index (χ3v) is 8.03. The Morgan fingerprint density at radius 3 is 2.65 bits per heavy atom. The van der Waals surface area contributed by atoms with E-state index >= 15 is 0 Å². The number of ether oxygens (including phenoxy) is 2. The number of rotatable bonds is 10. The highest BCUT2D eigenvalue weighted by Crippen LogP contribution is 2.43. The van der Waals surface area contributed by atoms with Gasteiger partial charge in [-0.25, -0.2) is 4.68 Å². The summed E-state index contributed by atoms with van der Waals surface area (Å²) in [4.78, 5) is 17.5. The van der Waals surface area contributed by atoms with Gasteiger partial charge in [-0.05, 0) is 78.5 Å². The van der Waals surface area contributed by atoms with Crippen molar-refractivity contribution in [1.29, 1.82) is 0 Å². The summed E-state index contributed by atoms with van der Waals surface area (Å²) < 4.78 is 14.6. The molecular weight excluding hydrogens is 599 g/mol. The Morgan fingerprint density at radius 1 is 1.19 bits per heavy atom. The van der Waals surface area contributed by atoms with Gasteiger partial charge in [0.25, 0.3) is 0 Å². The number of aromatic nitrogens is 3. The highest BCUT2D eigenvalue weighted by molar-refractivity contribution is 9.10. The predicted octanol–water partition coefficient (Wildman–Crippen LogP) is 7.71. The number of hydrogen-bond donors (Lipinski definition) is 1. The number of allylic oxidation sites excluding steroid dienone is 2. The van der Waals surface area contributed by atoms with Crippen LogP contribution in [0.4, 0.5) is 5.95 Å². The molecule has 0 amide bonds. The first-order chi connectivity index (χ1) is 17.7. The van der Waals surface area contributed by atoms with Crippen LogP contribution in [0.25, 0.3) is 0 Å². The third kappa shape index (κ3) is 6.11. The average Bonchev–Trinajstić information content (AvgIpc) is 3.25. The van der Waals surface area contributed by atoms with Crippen LogP contribution in [-0.2, 0) is 11.4 Å². The van der Waals surface area contributed by atoms with Crippen LogP contribution >= 0.6 is 50.9 Å². The highest BCUT2D eigenvalue weighted by Gasteiger charge is 2.34. The molecule has 0 spiro atoms. The Hall–Kier alpha value is -2.20. The van der Waals surface area contributed by atoms with E-state index in [1.54, 1.807) is 35.5 Å². The molecule has 0 saturated heterocycles. The van der Waals surface area contributed by atoms with Crippen LogP contribution in [0.15, 0.2) is 51.2 Å². The Bertz CT molecular complexity index is 1360. The van der Waals surface area contributed by atoms with Gasteiger partial charge in [-0.3, -0.25) is 4.79 Å². The average molecular weight is 626 g/mol. The lowest BCUT2D eigenvalue weighted by Gasteiger charge is -2.28. The minimum atomic E-state index is -0.475. The number of carbonyl (C=O) groups is 1. The van der Waals surface area contributed by atoms with Crippen molar-refractivity contribution < 1.29 is 14.3 Å². The molecule has 1 N–H and O–H groups in total. The first kappa shape index (κ1) is 27.8. The van der Waals surface area contributed by atoms with Crippen molar-refractivity contribution >= 4 is 62.6 Å². The van der Waals surface area contributed by atoms with Gasteiger partial charge in [0.15, 0.2) is 17.3 Å². The molecule has 1 aromatic heterocycles. The van der Waals surface area contributed by atoms with Crippen molar-refractivity contribution in [2.75, 3.05) is 17.7 Å². The fourth-order valence-corrected chi connectivity index (χ4v) is 5.66. The van der Waals surface area contributed by atoms with Crippen LogP contribution in [0.3, 0.4) is 0 Å². The summed E-state index contributed by atoms with van der Waals surface area (Å²) in [6.07, 6.45) is 1.01. The van der Waals surface area contributed by atoms with Crippen molar-refractivity contribution in [3.63, 3.8) is 0 Å². The SMILES string of the molecule is CCCSc1nc2n(n1)C(c1cc(Br)c(OCc3ccc(Cl)c(Cl)c3)c(OCC)c1)C(C(C)=O)=C(C)N2. The summed E-state index contributed by atoms with van der Waals surface area (Å²) in [6.45, 7) is 8.17. The number of fused-ring (bicyclic) bond motifs is 1. The number of nitrogens with one attached hydrogen (secondary N) is 1. The minimum absolute atomic E-state index is 0.0482. The van der Waals surface area contributed by atoms with Gasteiger partial charge in [0, 0.05) is 17.0 Å². The van der Waals surface area contributed by atoms with Gasteiger partial charge in [0.2, 0.25) is 11.1 Å². The van der Waals surface area contributed by atoms with Gasteiger partial charge in [-0.2, -0.15) is 4.98 Å². The molecular formula is C26H27BrCl2N4O3S. The topological polar surface area (TPSA) is 78.3 Å². The van der Waals surface area contributed by atoms with E-state index in [1.165, 1.54) is 0 Å². The van der Waals surface area contributed by atoms with E-state index in [2.05, 4.69) is 33.2 Å². The fourth-order valence-electron chi connectivity index (χ4n) is 4.08. The summed E-state index contributed by atoms with van der Waals surface area (Å²) in [7, 11) is 0. The predicted molar refractivity (Wildman–Crippen MR) is 152 cm³/mol. The number of carbonyl (C=O) groups excluding carboxylic acids is 1. The molecule has 1 aliphatic rings. The largest absolute Gasteiger partial charge is 0.490 e. The molecule has 1 aliphatic heterocycles. The molecule has 0 saturated carbocycles. The lowest BCUT2D eigenvalue weighted by molar-refractivity contribution is -0.114. The van der Waals surface area contributed by atoms with Crippen LogP contribution < -0.4 is 14.8 Å². The zero-order valence-electron chi connectivity index (χ0n) is 20.9. The zero-order valence-corrected chi connectivity index (χ0v) is 24.8. The number of hydrogen-bond acceptors (Lipinski definition) is 7. The zero-order chi connectivity index (χ0) is 26.7. The fraction of sp³-hybridized carbons (Fsp3) is 0.346. The van der Waals surface area contributed by atoms with E-state index in [0.29, 0.717) is 49.3 Å². The van der Waals surface area contributed by atoms with E-state index < -0.39 is 6.04 Å². The number of thioether (sulfide) groups is 1. The molecule has 196 valence electrons. The second kappa shape index (κ2) is 12.1. The molecule has 37 heavy (non-hydrogen) atoms. The van der Waals surface area contributed by atoms with Crippen molar-refractivity contribution in [3.8, 4) is 11.5 Å². The van der Waals surface area contributed by atoms with E-state index in [4.69, 9.17) is 37.8 Å². The molecule has 1 atom stereocenters. The number of ketones is 1. The second-order valence-corrected chi connectivity index (χ2v) is 11.2. The highest BCUT2D eigenvalue weighted by atomic mass is 79.9. The molecule has 1 unspecified atom stereocenters. The van der Waals surface area contributed by atoms with Crippen molar-refractivity contribution in [1.82, 2.24) is 14.8 Å². The van der Waals surface area contributed by atoms with E-state index in [9.17, 15) is 4.79 Å². The Kier molecular flexibility index (Phi) is 9.11. The lowest BCUT2D eigenvalue weighted by atomic mass is 9.93. The number of nitrogens with zero attached hydrogens (tertiary/aromatic N) is 3. The molecule has 2 heterocycles.